The molecule has 30 heavy (non-hydrogen) atoms. The Hall–Kier alpha value is -3.00. The van der Waals surface area contributed by atoms with Crippen LogP contribution in [-0.4, -0.2) is 35.4 Å². The summed E-state index contributed by atoms with van der Waals surface area (Å²) in [6.07, 6.45) is -1.28. The Bertz CT molecular complexity index is 867. The van der Waals surface area contributed by atoms with Crippen LogP contribution in [0.4, 0.5) is 4.79 Å². The number of nitrogens with one attached hydrogen (secondary N) is 1. The minimum Gasteiger partial charge on any atom is -0.508 e. The molecule has 2 aromatic rings. The van der Waals surface area contributed by atoms with Crippen LogP contribution in [0.5, 0.6) is 5.75 Å². The number of carbonyl (C=O) groups is 3. The number of ether oxygens (including phenoxy) is 2. The van der Waals surface area contributed by atoms with E-state index >= 15 is 0 Å². The molecule has 0 aliphatic carbocycles. The lowest BCUT2D eigenvalue weighted by Crippen LogP contribution is -2.36. The molecule has 2 N–H and O–H groups in total. The van der Waals surface area contributed by atoms with Gasteiger partial charge in [0.15, 0.2) is 0 Å². The second-order valence-corrected chi connectivity index (χ2v) is 7.63. The molecule has 1 atom stereocenters. The maximum absolute atomic E-state index is 12.5. The maximum Gasteiger partial charge on any atom is 0.414 e. The molecule has 0 unspecified atom stereocenters. The number of benzene rings is 2. The largest absolute Gasteiger partial charge is 0.508 e. The molecular weight excluding hydrogens is 406 g/mol. The van der Waals surface area contributed by atoms with Crippen molar-refractivity contribution in [2.75, 3.05) is 12.4 Å². The molecule has 0 aliphatic rings. The molecule has 160 valence electrons. The van der Waals surface area contributed by atoms with E-state index < -0.39 is 29.5 Å². The van der Waals surface area contributed by atoms with E-state index in [-0.39, 0.29) is 18.1 Å². The van der Waals surface area contributed by atoms with Crippen molar-refractivity contribution in [2.24, 2.45) is 5.41 Å². The van der Waals surface area contributed by atoms with Gasteiger partial charge in [0, 0.05) is 11.0 Å². The van der Waals surface area contributed by atoms with E-state index in [1.807, 2.05) is 13.8 Å². The van der Waals surface area contributed by atoms with Gasteiger partial charge in [0.2, 0.25) is 0 Å². The number of alkyl carbamates (subject to hydrolysis) is 1. The first-order valence-corrected chi connectivity index (χ1v) is 9.98. The molecule has 2 aromatic carbocycles. The summed E-state index contributed by atoms with van der Waals surface area (Å²) in [5.74, 6) is -0.975. The molecule has 0 heterocycles. The molecule has 0 bridgehead atoms. The van der Waals surface area contributed by atoms with Crippen LogP contribution in [0.15, 0.2) is 54.6 Å². The lowest BCUT2D eigenvalue weighted by Gasteiger charge is -2.34. The zero-order valence-corrected chi connectivity index (χ0v) is 17.7. The summed E-state index contributed by atoms with van der Waals surface area (Å²) in [4.78, 5) is 36.0. The lowest BCUT2D eigenvalue weighted by atomic mass is 9.80. The number of amides is 2. The first-order valence-electron chi connectivity index (χ1n) is 9.35. The Morgan fingerprint density at radius 2 is 1.70 bits per heavy atom. The second-order valence-electron chi connectivity index (χ2n) is 7.31. The number of thiol groups is 1. The van der Waals surface area contributed by atoms with Crippen molar-refractivity contribution in [3.8, 4) is 5.75 Å². The van der Waals surface area contributed by atoms with E-state index in [0.717, 1.165) is 0 Å². The number of hydrogen-bond acceptors (Lipinski definition) is 7. The molecule has 0 spiro atoms. The number of imide groups is 1. The average Bonchev–Trinajstić information content (AvgIpc) is 2.73. The van der Waals surface area contributed by atoms with Crippen molar-refractivity contribution in [1.82, 2.24) is 5.32 Å². The van der Waals surface area contributed by atoms with E-state index in [1.165, 1.54) is 12.1 Å². The summed E-state index contributed by atoms with van der Waals surface area (Å²) in [6, 6.07) is 14.5. The molecule has 0 fully saturated rings. The van der Waals surface area contributed by atoms with Crippen molar-refractivity contribution >= 4 is 30.6 Å². The number of carbonyl (C=O) groups excluding carboxylic acids is 3. The van der Waals surface area contributed by atoms with E-state index in [0.29, 0.717) is 17.5 Å². The predicted octanol–water partition coefficient (Wildman–Crippen LogP) is 3.89. The minimum atomic E-state index is -0.901. The van der Waals surface area contributed by atoms with Gasteiger partial charge in [-0.2, -0.15) is 12.6 Å². The van der Waals surface area contributed by atoms with Crippen molar-refractivity contribution in [3.63, 3.8) is 0 Å². The Morgan fingerprint density at radius 3 is 2.30 bits per heavy atom. The van der Waals surface area contributed by atoms with Crippen LogP contribution in [0.25, 0.3) is 0 Å². The van der Waals surface area contributed by atoms with Gasteiger partial charge in [0.1, 0.15) is 11.9 Å². The van der Waals surface area contributed by atoms with Crippen LogP contribution in [0.1, 0.15) is 42.3 Å². The summed E-state index contributed by atoms with van der Waals surface area (Å²) < 4.78 is 10.7. The fraction of sp³-hybridized carbons (Fsp3) is 0.318. The third-order valence-corrected chi connectivity index (χ3v) is 4.78. The minimum absolute atomic E-state index is 0.0255. The predicted molar refractivity (Wildman–Crippen MR) is 114 cm³/mol. The number of hydrogen-bond donors (Lipinski definition) is 3. The van der Waals surface area contributed by atoms with Crippen molar-refractivity contribution < 1.29 is 29.0 Å². The summed E-state index contributed by atoms with van der Waals surface area (Å²) in [5, 5.41) is 11.8. The zero-order chi connectivity index (χ0) is 22.1. The molecule has 0 saturated heterocycles. The van der Waals surface area contributed by atoms with Gasteiger partial charge in [-0.15, -0.1) is 0 Å². The summed E-state index contributed by atoms with van der Waals surface area (Å²) in [6.45, 7) is 3.83. The molecule has 2 amide bonds. The topological polar surface area (TPSA) is 102 Å². The van der Waals surface area contributed by atoms with Crippen LogP contribution < -0.4 is 5.32 Å². The van der Waals surface area contributed by atoms with E-state index in [1.54, 1.807) is 42.5 Å². The first kappa shape index (κ1) is 23.3. The number of aromatic hydroxyl groups is 1. The quantitative estimate of drug-likeness (QED) is 0.433. The molecule has 0 radical (unpaired) electrons. The second kappa shape index (κ2) is 10.7. The van der Waals surface area contributed by atoms with Gasteiger partial charge >= 0.3 is 12.1 Å². The van der Waals surface area contributed by atoms with E-state index in [4.69, 9.17) is 9.47 Å². The summed E-state index contributed by atoms with van der Waals surface area (Å²) in [7, 11) is 0. The van der Waals surface area contributed by atoms with Crippen molar-refractivity contribution in [3.05, 3.63) is 65.7 Å². The van der Waals surface area contributed by atoms with Crippen LogP contribution in [0, 0.1) is 5.41 Å². The Labute approximate surface area is 180 Å². The average molecular weight is 432 g/mol. The monoisotopic (exact) mass is 431 g/mol. The number of rotatable bonds is 8. The fourth-order valence-electron chi connectivity index (χ4n) is 2.82. The smallest absolute Gasteiger partial charge is 0.414 e. The SMILES string of the molecule is CC(C)(CCOC(=O)CS)[C@H](OC(=O)NC(=O)c1ccccc1)c1ccc(O)cc1. The van der Waals surface area contributed by atoms with Crippen LogP contribution in [0.3, 0.4) is 0 Å². The van der Waals surface area contributed by atoms with Crippen molar-refractivity contribution in [1.29, 1.82) is 0 Å². The van der Waals surface area contributed by atoms with Gasteiger partial charge in [0.25, 0.3) is 5.91 Å². The third-order valence-electron chi connectivity index (χ3n) is 4.52. The first-order chi connectivity index (χ1) is 14.2. The molecule has 2 rings (SSSR count). The van der Waals surface area contributed by atoms with E-state index in [2.05, 4.69) is 17.9 Å². The zero-order valence-electron chi connectivity index (χ0n) is 16.8. The molecular formula is C22H25NO6S. The van der Waals surface area contributed by atoms with Crippen molar-refractivity contribution in [2.45, 2.75) is 26.4 Å². The van der Waals surface area contributed by atoms with Crippen LogP contribution in [0.2, 0.25) is 0 Å². The number of esters is 1. The lowest BCUT2D eigenvalue weighted by molar-refractivity contribution is -0.141. The highest BCUT2D eigenvalue weighted by atomic mass is 32.1. The van der Waals surface area contributed by atoms with Crippen LogP contribution in [-0.2, 0) is 14.3 Å². The molecule has 0 aromatic heterocycles. The third kappa shape index (κ3) is 6.81. The van der Waals surface area contributed by atoms with Gasteiger partial charge in [-0.05, 0) is 36.2 Å². The maximum atomic E-state index is 12.5. The Balaban J connectivity index is 2.14. The standard InChI is InChI=1S/C22H25NO6S/c1-22(2,12-13-28-18(25)14-30)19(15-8-10-17(24)11-9-15)29-21(27)23-20(26)16-6-4-3-5-7-16/h3-11,19,24,30H,12-14H2,1-2H3,(H,23,26,27)/t19-/m1/s1. The van der Waals surface area contributed by atoms with E-state index in [9.17, 15) is 19.5 Å². The molecule has 0 aliphatic heterocycles. The Kier molecular flexibility index (Phi) is 8.29. The number of phenols is 1. The molecule has 7 nitrogen and oxygen atoms in total. The van der Waals surface area contributed by atoms with Gasteiger partial charge in [0.05, 0.1) is 12.4 Å². The van der Waals surface area contributed by atoms with Gasteiger partial charge in [-0.25, -0.2) is 4.79 Å². The van der Waals surface area contributed by atoms with Gasteiger partial charge < -0.3 is 14.6 Å². The highest BCUT2D eigenvalue weighted by Gasteiger charge is 2.35. The molecule has 0 saturated carbocycles. The normalized spacial score (nSPS) is 12.0. The molecule has 8 heteroatoms. The highest BCUT2D eigenvalue weighted by molar-refractivity contribution is 7.81. The fourth-order valence-corrected chi connectivity index (χ4v) is 2.91. The number of phenolic OH excluding ortho intramolecular Hbond substituents is 1. The Morgan fingerprint density at radius 1 is 1.07 bits per heavy atom. The summed E-state index contributed by atoms with van der Waals surface area (Å²) in [5.41, 5.74) is 0.301. The highest BCUT2D eigenvalue weighted by Crippen LogP contribution is 2.40. The van der Waals surface area contributed by atoms with Gasteiger partial charge in [-0.3, -0.25) is 14.9 Å². The van der Waals surface area contributed by atoms with Gasteiger partial charge in [-0.1, -0.05) is 44.2 Å². The van der Waals surface area contributed by atoms with Crippen LogP contribution >= 0.6 is 12.6 Å². The summed E-state index contributed by atoms with van der Waals surface area (Å²) >= 11 is 3.87.